The Hall–Kier alpha value is -4.65. The number of aliphatic hydroxyl groups is 1. The molecular weight excluding hydrogens is 530 g/mol. The molecule has 0 rings (SSSR count). The van der Waals surface area contributed by atoms with Crippen LogP contribution in [0.5, 0.6) is 0 Å². The van der Waals surface area contributed by atoms with Crippen molar-refractivity contribution in [2.45, 2.75) is 56.4 Å². The molecule has 0 spiro atoms. The summed E-state index contributed by atoms with van der Waals surface area (Å²) >= 11 is 0. The smallest absolute Gasteiger partial charge is 0.305 e. The first-order chi connectivity index (χ1) is 18.1. The number of amides is 6. The van der Waals surface area contributed by atoms with Crippen LogP contribution in [0.3, 0.4) is 0 Å². The summed E-state index contributed by atoms with van der Waals surface area (Å²) in [7, 11) is 0. The maximum absolute atomic E-state index is 12.6. The number of hydrogen-bond acceptors (Lipinski definition) is 11. The van der Waals surface area contributed by atoms with E-state index in [1.165, 1.54) is 6.92 Å². The fourth-order valence-corrected chi connectivity index (χ4v) is 2.72. The van der Waals surface area contributed by atoms with Gasteiger partial charge in [-0.25, -0.2) is 0 Å². The van der Waals surface area contributed by atoms with E-state index in [0.29, 0.717) is 0 Å². The minimum Gasteiger partial charge on any atom is -0.481 e. The first kappa shape index (κ1) is 34.4. The van der Waals surface area contributed by atoms with Crippen LogP contribution < -0.4 is 38.1 Å². The van der Waals surface area contributed by atoms with Crippen molar-refractivity contribution in [3.05, 3.63) is 0 Å². The van der Waals surface area contributed by atoms with E-state index in [4.69, 9.17) is 21.7 Å². The van der Waals surface area contributed by atoms with Gasteiger partial charge in [0.2, 0.25) is 35.4 Å². The Morgan fingerprint density at radius 3 is 1.79 bits per heavy atom. The molecule has 0 bridgehead atoms. The van der Waals surface area contributed by atoms with Gasteiger partial charge in [-0.2, -0.15) is 0 Å². The molecule has 39 heavy (non-hydrogen) atoms. The number of aldehydes is 1. The number of nitrogens with two attached hydrogens (primary N) is 2. The number of carboxylic acids is 2. The van der Waals surface area contributed by atoms with Gasteiger partial charge in [-0.05, 0) is 6.92 Å². The van der Waals surface area contributed by atoms with Crippen LogP contribution in [0.15, 0.2) is 0 Å². The highest BCUT2D eigenvalue weighted by Gasteiger charge is 2.30. The van der Waals surface area contributed by atoms with Gasteiger partial charge in [-0.15, -0.1) is 0 Å². The molecule has 218 valence electrons. The Balaban J connectivity index is 5.15. The van der Waals surface area contributed by atoms with Gasteiger partial charge in [-0.1, -0.05) is 0 Å². The fourth-order valence-electron chi connectivity index (χ4n) is 2.72. The lowest BCUT2D eigenvalue weighted by atomic mass is 10.1. The third kappa shape index (κ3) is 14.0. The highest BCUT2D eigenvalue weighted by molar-refractivity contribution is 5.97. The molecule has 19 nitrogen and oxygen atoms in total. The summed E-state index contributed by atoms with van der Waals surface area (Å²) in [5.74, 6) is -8.95. The van der Waals surface area contributed by atoms with Crippen LogP contribution in [0.4, 0.5) is 0 Å². The number of aliphatic hydroxyl groups excluding tert-OH is 1. The van der Waals surface area contributed by atoms with Gasteiger partial charge in [-0.3, -0.25) is 38.4 Å². The maximum atomic E-state index is 12.6. The third-order valence-corrected chi connectivity index (χ3v) is 4.67. The van der Waals surface area contributed by atoms with Gasteiger partial charge in [0.1, 0.15) is 24.4 Å². The summed E-state index contributed by atoms with van der Waals surface area (Å²) in [4.78, 5) is 105. The van der Waals surface area contributed by atoms with Crippen LogP contribution in [0.1, 0.15) is 26.2 Å². The number of primary amides is 1. The SMILES string of the molecule is C[C@H](NC(=O)CNC(=O)[C@@H](N)CC(=O)O)C(=O)N[C@@H](CC(N)=O)C(=O)N[C@@H](CO)C(=O)N[C@H](C=O)CC(=O)O. The number of rotatable bonds is 18. The van der Waals surface area contributed by atoms with Crippen LogP contribution in [-0.4, -0.2) is 112 Å². The summed E-state index contributed by atoms with van der Waals surface area (Å²) in [6.45, 7) is -0.510. The topological polar surface area (TPSA) is 327 Å². The number of hydrogen-bond donors (Lipinski definition) is 10. The summed E-state index contributed by atoms with van der Waals surface area (Å²) in [5, 5.41) is 37.2. The van der Waals surface area contributed by atoms with E-state index in [2.05, 4.69) is 16.0 Å². The number of aliphatic carboxylic acids is 2. The van der Waals surface area contributed by atoms with E-state index in [1.54, 1.807) is 0 Å². The van der Waals surface area contributed by atoms with Gasteiger partial charge < -0.3 is 58.2 Å². The Labute approximate surface area is 220 Å². The fraction of sp³-hybridized carbons (Fsp3) is 0.550. The van der Waals surface area contributed by atoms with Crippen molar-refractivity contribution >= 4 is 53.7 Å². The maximum Gasteiger partial charge on any atom is 0.305 e. The van der Waals surface area contributed by atoms with Crippen LogP contribution in [-0.2, 0) is 43.2 Å². The Bertz CT molecular complexity index is 973. The highest BCUT2D eigenvalue weighted by atomic mass is 16.4. The van der Waals surface area contributed by atoms with E-state index in [0.717, 1.165) is 0 Å². The minimum atomic E-state index is -1.71. The van der Waals surface area contributed by atoms with Gasteiger partial charge >= 0.3 is 11.9 Å². The molecule has 0 radical (unpaired) electrons. The third-order valence-electron chi connectivity index (χ3n) is 4.67. The molecule has 0 heterocycles. The summed E-state index contributed by atoms with van der Waals surface area (Å²) in [5.41, 5.74) is 10.4. The molecule has 0 saturated heterocycles. The molecule has 6 amide bonds. The van der Waals surface area contributed by atoms with Gasteiger partial charge in [0, 0.05) is 0 Å². The monoisotopic (exact) mass is 561 g/mol. The average Bonchev–Trinajstić information content (AvgIpc) is 2.83. The zero-order chi connectivity index (χ0) is 30.3. The van der Waals surface area contributed by atoms with E-state index in [9.17, 15) is 48.3 Å². The average molecular weight is 562 g/mol. The first-order valence-electron chi connectivity index (χ1n) is 11.1. The molecule has 12 N–H and O–H groups in total. The molecule has 19 heteroatoms. The molecule has 5 atom stereocenters. The van der Waals surface area contributed by atoms with Crippen molar-refractivity contribution < 1.29 is 58.5 Å². The second kappa shape index (κ2) is 17.0. The van der Waals surface area contributed by atoms with E-state index in [-0.39, 0.29) is 6.29 Å². The number of nitrogens with one attached hydrogen (secondary N) is 5. The number of carbonyl (C=O) groups is 9. The molecule has 0 aliphatic carbocycles. The van der Waals surface area contributed by atoms with Crippen LogP contribution in [0.25, 0.3) is 0 Å². The Morgan fingerprint density at radius 1 is 0.769 bits per heavy atom. The van der Waals surface area contributed by atoms with Crippen molar-refractivity contribution in [1.29, 1.82) is 0 Å². The molecule has 0 aromatic rings. The quantitative estimate of drug-likeness (QED) is 0.0696. The second-order valence-electron chi connectivity index (χ2n) is 8.04. The van der Waals surface area contributed by atoms with Crippen LogP contribution >= 0.6 is 0 Å². The molecule has 0 aromatic carbocycles. The van der Waals surface area contributed by atoms with Crippen LogP contribution in [0.2, 0.25) is 0 Å². The summed E-state index contributed by atoms with van der Waals surface area (Å²) in [6.07, 6.45) is -2.10. The lowest BCUT2D eigenvalue weighted by Gasteiger charge is -2.23. The minimum absolute atomic E-state index is 0.129. The molecular formula is C20H31N7O12. The highest BCUT2D eigenvalue weighted by Crippen LogP contribution is 1.98. The largest absolute Gasteiger partial charge is 0.481 e. The number of carboxylic acid groups (broad SMARTS) is 2. The van der Waals surface area contributed by atoms with Crippen LogP contribution in [0, 0.1) is 0 Å². The predicted molar refractivity (Wildman–Crippen MR) is 126 cm³/mol. The van der Waals surface area contributed by atoms with Crippen molar-refractivity contribution in [2.24, 2.45) is 11.5 Å². The zero-order valence-electron chi connectivity index (χ0n) is 20.7. The van der Waals surface area contributed by atoms with E-state index >= 15 is 0 Å². The second-order valence-corrected chi connectivity index (χ2v) is 8.04. The Kier molecular flexibility index (Phi) is 14.9. The van der Waals surface area contributed by atoms with Gasteiger partial charge in [0.15, 0.2) is 0 Å². The van der Waals surface area contributed by atoms with Crippen molar-refractivity contribution in [3.8, 4) is 0 Å². The van der Waals surface area contributed by atoms with Crippen molar-refractivity contribution in [3.63, 3.8) is 0 Å². The molecule has 0 aromatic heterocycles. The molecule has 0 saturated carbocycles. The first-order valence-corrected chi connectivity index (χ1v) is 11.1. The van der Waals surface area contributed by atoms with Crippen molar-refractivity contribution in [2.75, 3.05) is 13.2 Å². The standard InChI is InChI=1S/C20H31N7O12/c1-8(24-14(31)5-23-18(37)10(21)3-16(34)35)17(36)26-11(4-13(22)30)19(38)27-12(7-29)20(39)25-9(6-28)2-15(32)33/h6,8-12,29H,2-5,7,21H2,1H3,(H2,22,30)(H,23,37)(H,24,31)(H,25,39)(H,26,36)(H,27,38)(H,32,33)(H,34,35)/t8-,9-,10-,11-,12-/m0/s1. The lowest BCUT2D eigenvalue weighted by Crippen LogP contribution is -2.58. The zero-order valence-corrected chi connectivity index (χ0v) is 20.7. The number of carbonyl (C=O) groups excluding carboxylic acids is 7. The molecule has 0 aliphatic heterocycles. The normalized spacial score (nSPS) is 14.2. The van der Waals surface area contributed by atoms with E-state index < -0.39 is 110 Å². The molecule has 0 fully saturated rings. The summed E-state index contributed by atoms with van der Waals surface area (Å²) < 4.78 is 0. The summed E-state index contributed by atoms with van der Waals surface area (Å²) in [6, 6.07) is -7.63. The Morgan fingerprint density at radius 2 is 1.31 bits per heavy atom. The molecule has 0 unspecified atom stereocenters. The predicted octanol–water partition coefficient (Wildman–Crippen LogP) is -6.60. The molecule has 0 aliphatic rings. The van der Waals surface area contributed by atoms with Gasteiger partial charge in [0.05, 0.1) is 44.5 Å². The van der Waals surface area contributed by atoms with Crippen molar-refractivity contribution in [1.82, 2.24) is 26.6 Å². The van der Waals surface area contributed by atoms with E-state index in [1.807, 2.05) is 10.6 Å². The van der Waals surface area contributed by atoms with Gasteiger partial charge in [0.25, 0.3) is 0 Å². The lowest BCUT2D eigenvalue weighted by molar-refractivity contribution is -0.140.